The number of rotatable bonds is 2. The molecule has 1 aliphatic rings. The second kappa shape index (κ2) is 7.70. The lowest BCUT2D eigenvalue weighted by Gasteiger charge is -2.32. The number of hydrogen-bond donors (Lipinski definition) is 0. The average molecular weight is 399 g/mol. The van der Waals surface area contributed by atoms with Gasteiger partial charge in [0, 0.05) is 0 Å². The number of fused-ring (bicyclic) bond motifs is 1. The van der Waals surface area contributed by atoms with E-state index in [0.29, 0.717) is 16.3 Å². The molecule has 0 N–H and O–H groups in total. The molecule has 0 unspecified atom stereocenters. The van der Waals surface area contributed by atoms with E-state index in [1.807, 2.05) is 52.0 Å². The molecule has 0 aromatic heterocycles. The van der Waals surface area contributed by atoms with E-state index in [4.69, 9.17) is 64.2 Å². The maximum absolute atomic E-state index is 6.44. The number of hydrogen-bond acceptors (Lipinski definition) is 2. The van der Waals surface area contributed by atoms with Crippen LogP contribution < -0.4 is 43.7 Å². The van der Waals surface area contributed by atoms with Gasteiger partial charge in [-0.1, -0.05) is 46.1 Å². The highest BCUT2D eigenvalue weighted by Crippen LogP contribution is 2.36. The first-order valence-corrected chi connectivity index (χ1v) is 10.3. The smallest absolute Gasteiger partial charge is 0.399 e. The Morgan fingerprint density at radius 2 is 1.09 bits per heavy atom. The lowest BCUT2D eigenvalue weighted by molar-refractivity contribution is 0.00578. The highest BCUT2D eigenvalue weighted by Gasteiger charge is 2.51. The van der Waals surface area contributed by atoms with Crippen molar-refractivity contribution in [2.24, 2.45) is 0 Å². The normalized spacial score (nSPS) is 17.2. The van der Waals surface area contributed by atoms with Crippen LogP contribution in [0.3, 0.4) is 0 Å². The molecule has 32 heavy (non-hydrogen) atoms. The minimum Gasteiger partial charge on any atom is -0.399 e. The van der Waals surface area contributed by atoms with Crippen LogP contribution in [-0.4, -0.2) is 73.2 Å². The van der Waals surface area contributed by atoms with E-state index >= 15 is 0 Å². The van der Waals surface area contributed by atoms with Crippen molar-refractivity contribution in [3.05, 3.63) is 24.3 Å². The van der Waals surface area contributed by atoms with Crippen LogP contribution in [0, 0.1) is 0 Å². The van der Waals surface area contributed by atoms with Gasteiger partial charge in [0.2, 0.25) is 0 Å². The molecule has 0 atom stereocenters. The summed E-state index contributed by atoms with van der Waals surface area (Å²) in [4.78, 5) is 0. The summed E-state index contributed by atoms with van der Waals surface area (Å²) in [6.07, 6.45) is 0. The van der Waals surface area contributed by atoms with Crippen LogP contribution >= 0.6 is 0 Å². The maximum atomic E-state index is 6.44. The zero-order valence-electron chi connectivity index (χ0n) is 18.7. The van der Waals surface area contributed by atoms with Gasteiger partial charge in [-0.15, -0.1) is 16.4 Å². The Morgan fingerprint density at radius 1 is 0.625 bits per heavy atom. The van der Waals surface area contributed by atoms with Gasteiger partial charge in [0.25, 0.3) is 0 Å². The second-order valence-electron chi connectivity index (χ2n) is 9.23. The third-order valence-corrected chi connectivity index (χ3v) is 6.73. The van der Waals surface area contributed by atoms with E-state index in [9.17, 15) is 0 Å². The summed E-state index contributed by atoms with van der Waals surface area (Å²) in [5.41, 5.74) is 2.62. The van der Waals surface area contributed by atoms with Crippen LogP contribution in [0.2, 0.25) is 0 Å². The van der Waals surface area contributed by atoms with Crippen molar-refractivity contribution in [2.45, 2.75) is 38.9 Å². The molecule has 0 saturated carbocycles. The van der Waals surface area contributed by atoms with Crippen LogP contribution in [0.15, 0.2) is 24.3 Å². The highest BCUT2D eigenvalue weighted by molar-refractivity contribution is 6.72. The fourth-order valence-corrected chi connectivity index (χ4v) is 4.04. The second-order valence-corrected chi connectivity index (χ2v) is 9.23. The zero-order chi connectivity index (χ0) is 23.7. The molecule has 0 spiro atoms. The average Bonchev–Trinajstić information content (AvgIpc) is 2.96. The van der Waals surface area contributed by atoms with Gasteiger partial charge in [-0.3, -0.25) is 0 Å². The van der Waals surface area contributed by atoms with E-state index < -0.39 is 18.3 Å². The monoisotopic (exact) mass is 400 g/mol. The van der Waals surface area contributed by atoms with Crippen LogP contribution in [0.1, 0.15) is 27.7 Å². The lowest BCUT2D eigenvalue weighted by atomic mass is 9.58. The molecule has 10 heteroatoms. The van der Waals surface area contributed by atoms with Gasteiger partial charge in [0.15, 0.2) is 0 Å². The predicted octanol–water partition coefficient (Wildman–Crippen LogP) is -3.64. The van der Waals surface area contributed by atoms with Crippen LogP contribution in [0.5, 0.6) is 0 Å². The van der Waals surface area contributed by atoms with Gasteiger partial charge < -0.3 is 9.31 Å². The lowest BCUT2D eigenvalue weighted by Crippen LogP contribution is -2.52. The third kappa shape index (κ3) is 3.37. The van der Waals surface area contributed by atoms with Crippen molar-refractivity contribution in [1.29, 1.82) is 0 Å². The van der Waals surface area contributed by atoms with E-state index in [0.717, 1.165) is 11.0 Å². The summed E-state index contributed by atoms with van der Waals surface area (Å²) in [5.74, 6) is 0. The SMILES string of the molecule is [B]c1c([B])c([B])c2c(-c3cccc(B4OC(C)(C)C(C)(C)O4)c3)c([B])c([B])c([B])c2c1[B]. The standard InChI is InChI=1S/C22H16B8O2/c1-21(2)22(3,4)32-30(31-21)10-7-5-6-9(8-10)11-12-13(16(25)18(27)14(11)23)17(26)20(29)19(28)15(12)24/h5-8H,1-4H3. The van der Waals surface area contributed by atoms with Crippen molar-refractivity contribution in [3.63, 3.8) is 0 Å². The predicted molar refractivity (Wildman–Crippen MR) is 143 cm³/mol. The Bertz CT molecular complexity index is 1240. The first kappa shape index (κ1) is 23.5. The quantitative estimate of drug-likeness (QED) is 0.415. The fraction of sp³-hybridized carbons (Fsp3) is 0.273. The third-order valence-electron chi connectivity index (χ3n) is 6.73. The van der Waals surface area contributed by atoms with E-state index in [2.05, 4.69) is 0 Å². The minimum absolute atomic E-state index is 0.155. The Balaban J connectivity index is 1.99. The van der Waals surface area contributed by atoms with Gasteiger partial charge in [-0.05, 0) is 55.1 Å². The van der Waals surface area contributed by atoms with Crippen LogP contribution in [0.25, 0.3) is 21.9 Å². The molecule has 1 fully saturated rings. The van der Waals surface area contributed by atoms with Gasteiger partial charge in [-0.2, -0.15) is 0 Å². The molecule has 4 rings (SSSR count). The van der Waals surface area contributed by atoms with E-state index in [1.165, 1.54) is 0 Å². The molecule has 1 aliphatic heterocycles. The summed E-state index contributed by atoms with van der Waals surface area (Å²) in [7, 11) is 43.3. The van der Waals surface area contributed by atoms with Gasteiger partial charge in [0.05, 0.1) is 11.2 Å². The number of benzene rings is 3. The first-order chi connectivity index (χ1) is 14.8. The van der Waals surface area contributed by atoms with Crippen molar-refractivity contribution < 1.29 is 9.31 Å². The summed E-state index contributed by atoms with van der Waals surface area (Å²) in [6.45, 7) is 8.00. The Morgan fingerprint density at radius 3 is 1.62 bits per heavy atom. The molecule has 1 heterocycles. The Kier molecular flexibility index (Phi) is 5.66. The molecule has 140 valence electrons. The molecule has 0 aliphatic carbocycles. The molecule has 2 nitrogen and oxygen atoms in total. The molecular formula is C22H16B8O2. The Labute approximate surface area is 200 Å². The van der Waals surface area contributed by atoms with E-state index in [-0.39, 0.29) is 38.2 Å². The molecule has 3 aromatic rings. The molecule has 3 aromatic carbocycles. The van der Waals surface area contributed by atoms with Crippen LogP contribution in [0.4, 0.5) is 0 Å². The largest absolute Gasteiger partial charge is 0.494 e. The molecular weight excluding hydrogens is 383 g/mol. The summed E-state index contributed by atoms with van der Waals surface area (Å²) in [6, 6.07) is 7.62. The van der Waals surface area contributed by atoms with Gasteiger partial charge in [-0.25, -0.2) is 0 Å². The summed E-state index contributed by atoms with van der Waals surface area (Å²) < 4.78 is 12.4. The van der Waals surface area contributed by atoms with Gasteiger partial charge >= 0.3 is 7.12 Å². The van der Waals surface area contributed by atoms with Crippen molar-refractivity contribution in [1.82, 2.24) is 0 Å². The summed E-state index contributed by atoms with van der Waals surface area (Å²) >= 11 is 0. The van der Waals surface area contributed by atoms with Crippen molar-refractivity contribution in [3.8, 4) is 11.1 Å². The fourth-order valence-electron chi connectivity index (χ4n) is 4.04. The van der Waals surface area contributed by atoms with Crippen LogP contribution in [-0.2, 0) is 9.31 Å². The summed E-state index contributed by atoms with van der Waals surface area (Å²) in [5, 5.41) is 0.932. The molecule has 0 amide bonds. The van der Waals surface area contributed by atoms with E-state index in [1.54, 1.807) is 0 Å². The van der Waals surface area contributed by atoms with Crippen molar-refractivity contribution in [2.75, 3.05) is 0 Å². The first-order valence-electron chi connectivity index (χ1n) is 10.3. The zero-order valence-corrected chi connectivity index (χ0v) is 18.7. The van der Waals surface area contributed by atoms with Crippen molar-refractivity contribution >= 4 is 117 Å². The maximum Gasteiger partial charge on any atom is 0.494 e. The minimum atomic E-state index is -0.554. The topological polar surface area (TPSA) is 18.5 Å². The molecule has 1 saturated heterocycles. The van der Waals surface area contributed by atoms with Gasteiger partial charge in [0.1, 0.15) is 54.9 Å². The highest BCUT2D eigenvalue weighted by atomic mass is 16.7. The molecule has 14 radical (unpaired) electrons. The Hall–Kier alpha value is -1.64. The molecule has 0 bridgehead atoms.